The number of rotatable bonds is 3. The first-order valence-electron chi connectivity index (χ1n) is 9.26. The molecule has 5 rings (SSSR count). The van der Waals surface area contributed by atoms with Crippen molar-refractivity contribution in [1.29, 1.82) is 0 Å². The van der Waals surface area contributed by atoms with Gasteiger partial charge in [-0.05, 0) is 19.1 Å². The standard InChI is InChI=1S/C19H18FN7OS/c1-11-9-27-10-12(8-13(20)16(27)22-11)23-17(28)19-24-14-2-3-15(25-18(14)29-19)26-6-4-21-5-7-26/h2-3,8-10,21H,4-7H2,1H3,(H,23,28). The van der Waals surface area contributed by atoms with Crippen molar-refractivity contribution in [3.05, 3.63) is 47.1 Å². The molecule has 4 aromatic heterocycles. The molecule has 10 heteroatoms. The molecular formula is C19H18FN7OS. The van der Waals surface area contributed by atoms with E-state index in [0.717, 1.165) is 32.0 Å². The topological polar surface area (TPSA) is 87.5 Å². The molecule has 1 aliphatic heterocycles. The van der Waals surface area contributed by atoms with E-state index in [2.05, 4.69) is 30.5 Å². The third-order valence-electron chi connectivity index (χ3n) is 4.76. The zero-order valence-corrected chi connectivity index (χ0v) is 16.5. The zero-order chi connectivity index (χ0) is 20.0. The molecule has 0 unspecified atom stereocenters. The molecule has 0 atom stereocenters. The molecule has 29 heavy (non-hydrogen) atoms. The lowest BCUT2D eigenvalue weighted by Gasteiger charge is -2.28. The number of halogens is 1. The molecule has 0 radical (unpaired) electrons. The molecule has 0 spiro atoms. The number of nitrogens with zero attached hydrogens (tertiary/aromatic N) is 5. The van der Waals surface area contributed by atoms with Crippen LogP contribution in [-0.4, -0.2) is 51.4 Å². The molecule has 0 aromatic carbocycles. The van der Waals surface area contributed by atoms with Crippen LogP contribution in [0.1, 0.15) is 15.5 Å². The maximum Gasteiger partial charge on any atom is 0.284 e. The predicted octanol–water partition coefficient (Wildman–Crippen LogP) is 2.45. The second-order valence-corrected chi connectivity index (χ2v) is 7.87. The first kappa shape index (κ1) is 18.0. The Labute approximate surface area is 169 Å². The highest BCUT2D eigenvalue weighted by atomic mass is 32.1. The fourth-order valence-corrected chi connectivity index (χ4v) is 4.24. The minimum absolute atomic E-state index is 0.227. The van der Waals surface area contributed by atoms with Gasteiger partial charge in [-0.2, -0.15) is 0 Å². The summed E-state index contributed by atoms with van der Waals surface area (Å²) in [6, 6.07) is 5.07. The van der Waals surface area contributed by atoms with E-state index in [1.165, 1.54) is 17.4 Å². The second-order valence-electron chi connectivity index (χ2n) is 6.89. The summed E-state index contributed by atoms with van der Waals surface area (Å²) in [7, 11) is 0. The molecule has 4 aromatic rings. The molecule has 1 fully saturated rings. The third-order valence-corrected chi connectivity index (χ3v) is 5.72. The number of aryl methyl sites for hydroxylation is 1. The first-order valence-corrected chi connectivity index (χ1v) is 10.1. The number of hydrogen-bond acceptors (Lipinski definition) is 7. The van der Waals surface area contributed by atoms with Gasteiger partial charge in [0.05, 0.1) is 11.4 Å². The summed E-state index contributed by atoms with van der Waals surface area (Å²) in [6.45, 7) is 5.42. The van der Waals surface area contributed by atoms with Gasteiger partial charge >= 0.3 is 0 Å². The van der Waals surface area contributed by atoms with Crippen molar-refractivity contribution in [2.24, 2.45) is 0 Å². The van der Waals surface area contributed by atoms with Crippen LogP contribution in [0.4, 0.5) is 15.9 Å². The quantitative estimate of drug-likeness (QED) is 0.539. The highest BCUT2D eigenvalue weighted by Gasteiger charge is 2.17. The van der Waals surface area contributed by atoms with Crippen LogP contribution in [0.2, 0.25) is 0 Å². The lowest BCUT2D eigenvalue weighted by molar-refractivity contribution is 0.102. The van der Waals surface area contributed by atoms with Crippen LogP contribution in [0.25, 0.3) is 16.0 Å². The van der Waals surface area contributed by atoms with E-state index in [0.29, 0.717) is 21.7 Å². The lowest BCUT2D eigenvalue weighted by Crippen LogP contribution is -2.43. The fraction of sp³-hybridized carbons (Fsp3) is 0.263. The van der Waals surface area contributed by atoms with Gasteiger partial charge in [-0.3, -0.25) is 4.79 Å². The summed E-state index contributed by atoms with van der Waals surface area (Å²) in [5.41, 5.74) is 1.94. The maximum atomic E-state index is 14.2. The molecular weight excluding hydrogens is 393 g/mol. The van der Waals surface area contributed by atoms with Gasteiger partial charge in [0, 0.05) is 44.6 Å². The van der Waals surface area contributed by atoms with Crippen molar-refractivity contribution in [2.75, 3.05) is 36.4 Å². The van der Waals surface area contributed by atoms with Gasteiger partial charge in [-0.1, -0.05) is 11.3 Å². The Balaban J connectivity index is 1.40. The minimum Gasteiger partial charge on any atom is -0.354 e. The number of fused-ring (bicyclic) bond motifs is 2. The van der Waals surface area contributed by atoms with Gasteiger partial charge < -0.3 is 19.9 Å². The number of carbonyl (C=O) groups is 1. The van der Waals surface area contributed by atoms with Crippen LogP contribution in [-0.2, 0) is 0 Å². The molecule has 148 valence electrons. The van der Waals surface area contributed by atoms with Crippen molar-refractivity contribution in [3.63, 3.8) is 0 Å². The van der Waals surface area contributed by atoms with Gasteiger partial charge in [0.25, 0.3) is 5.91 Å². The molecule has 1 amide bonds. The molecule has 2 N–H and O–H groups in total. The number of imidazole rings is 1. The summed E-state index contributed by atoms with van der Waals surface area (Å²) in [5.74, 6) is -0.00699. The van der Waals surface area contributed by atoms with Crippen molar-refractivity contribution < 1.29 is 9.18 Å². The van der Waals surface area contributed by atoms with E-state index in [4.69, 9.17) is 0 Å². The number of aromatic nitrogens is 4. The molecule has 0 bridgehead atoms. The monoisotopic (exact) mass is 411 g/mol. The average molecular weight is 411 g/mol. The largest absolute Gasteiger partial charge is 0.354 e. The summed E-state index contributed by atoms with van der Waals surface area (Å²) >= 11 is 1.23. The average Bonchev–Trinajstić information content (AvgIpc) is 3.31. The SMILES string of the molecule is Cc1cn2cc(NC(=O)c3nc4ccc(N5CCNCC5)nc4s3)cc(F)c2n1. The number of amides is 1. The van der Waals surface area contributed by atoms with Crippen molar-refractivity contribution in [1.82, 2.24) is 24.7 Å². The van der Waals surface area contributed by atoms with E-state index in [1.54, 1.807) is 23.7 Å². The van der Waals surface area contributed by atoms with Gasteiger partial charge in [-0.25, -0.2) is 19.3 Å². The number of nitrogens with one attached hydrogen (secondary N) is 2. The molecule has 1 saturated heterocycles. The molecule has 0 saturated carbocycles. The Kier molecular flexibility index (Phi) is 4.36. The Bertz CT molecular complexity index is 1230. The summed E-state index contributed by atoms with van der Waals surface area (Å²) < 4.78 is 15.8. The molecule has 0 aliphatic carbocycles. The normalized spacial score (nSPS) is 14.6. The Morgan fingerprint density at radius 1 is 1.21 bits per heavy atom. The number of pyridine rings is 2. The minimum atomic E-state index is -0.498. The van der Waals surface area contributed by atoms with Crippen molar-refractivity contribution >= 4 is 44.7 Å². The number of piperazine rings is 1. The van der Waals surface area contributed by atoms with E-state index < -0.39 is 11.7 Å². The summed E-state index contributed by atoms with van der Waals surface area (Å²) in [5, 5.41) is 6.31. The lowest BCUT2D eigenvalue weighted by atomic mass is 10.3. The molecule has 1 aliphatic rings. The van der Waals surface area contributed by atoms with Crippen LogP contribution in [0.5, 0.6) is 0 Å². The number of carbonyl (C=O) groups excluding carboxylic acids is 1. The number of thiazole rings is 1. The molecule has 5 heterocycles. The van der Waals surface area contributed by atoms with Gasteiger partial charge in [0.15, 0.2) is 16.5 Å². The predicted molar refractivity (Wildman–Crippen MR) is 110 cm³/mol. The van der Waals surface area contributed by atoms with Crippen LogP contribution < -0.4 is 15.5 Å². The van der Waals surface area contributed by atoms with Crippen LogP contribution in [0.15, 0.2) is 30.6 Å². The zero-order valence-electron chi connectivity index (χ0n) is 15.6. The number of hydrogen-bond donors (Lipinski definition) is 2. The van der Waals surface area contributed by atoms with Gasteiger partial charge in [0.1, 0.15) is 16.2 Å². The van der Waals surface area contributed by atoms with Crippen LogP contribution >= 0.6 is 11.3 Å². The smallest absolute Gasteiger partial charge is 0.284 e. The second kappa shape index (κ2) is 7.05. The van der Waals surface area contributed by atoms with Crippen LogP contribution in [0.3, 0.4) is 0 Å². The first-order chi connectivity index (χ1) is 14.1. The highest BCUT2D eigenvalue weighted by Crippen LogP contribution is 2.25. The van der Waals surface area contributed by atoms with E-state index in [1.807, 2.05) is 12.1 Å². The Morgan fingerprint density at radius 3 is 2.86 bits per heavy atom. The Hall–Kier alpha value is -3.11. The van der Waals surface area contributed by atoms with Gasteiger partial charge in [0.2, 0.25) is 0 Å². The van der Waals surface area contributed by atoms with Crippen LogP contribution in [0, 0.1) is 12.7 Å². The van der Waals surface area contributed by atoms with Crippen molar-refractivity contribution in [3.8, 4) is 0 Å². The maximum absolute atomic E-state index is 14.2. The molecule has 8 nitrogen and oxygen atoms in total. The Morgan fingerprint density at radius 2 is 2.03 bits per heavy atom. The number of anilines is 2. The van der Waals surface area contributed by atoms with E-state index >= 15 is 0 Å². The summed E-state index contributed by atoms with van der Waals surface area (Å²) in [6.07, 6.45) is 3.33. The van der Waals surface area contributed by atoms with E-state index in [-0.39, 0.29) is 10.7 Å². The summed E-state index contributed by atoms with van der Waals surface area (Å²) in [4.78, 5) is 28.7. The van der Waals surface area contributed by atoms with Gasteiger partial charge in [-0.15, -0.1) is 0 Å². The highest BCUT2D eigenvalue weighted by molar-refractivity contribution is 7.20. The third kappa shape index (κ3) is 3.40. The van der Waals surface area contributed by atoms with E-state index in [9.17, 15) is 9.18 Å². The van der Waals surface area contributed by atoms with Crippen molar-refractivity contribution in [2.45, 2.75) is 6.92 Å². The fourth-order valence-electron chi connectivity index (χ4n) is 3.41.